The number of rotatable bonds is 1. The first-order chi connectivity index (χ1) is 13.1. The van der Waals surface area contributed by atoms with Crippen molar-refractivity contribution in [2.75, 3.05) is 13.2 Å². The van der Waals surface area contributed by atoms with Crippen LogP contribution in [0.25, 0.3) is 0 Å². The summed E-state index contributed by atoms with van der Waals surface area (Å²) in [5.41, 5.74) is 9.61. The predicted molar refractivity (Wildman–Crippen MR) is 103 cm³/mol. The Labute approximate surface area is 158 Å². The van der Waals surface area contributed by atoms with E-state index in [0.29, 0.717) is 12.6 Å². The minimum atomic E-state index is -0.220. The number of amidine groups is 1. The first-order valence-electron chi connectivity index (χ1n) is 9.72. The maximum absolute atomic E-state index is 13.5. The van der Waals surface area contributed by atoms with E-state index < -0.39 is 0 Å². The second kappa shape index (κ2) is 6.34. The van der Waals surface area contributed by atoms with E-state index in [4.69, 9.17) is 15.5 Å². The first kappa shape index (κ1) is 16.8. The summed E-state index contributed by atoms with van der Waals surface area (Å²) in [5.74, 6) is -0.220. The molecule has 1 saturated carbocycles. The van der Waals surface area contributed by atoms with E-state index >= 15 is 0 Å². The van der Waals surface area contributed by atoms with Gasteiger partial charge >= 0.3 is 0 Å². The number of aliphatic imine (C=N–C) groups is 1. The van der Waals surface area contributed by atoms with Crippen molar-refractivity contribution in [3.8, 4) is 0 Å². The molecule has 0 saturated heterocycles. The zero-order valence-electron chi connectivity index (χ0n) is 15.3. The van der Waals surface area contributed by atoms with Crippen LogP contribution in [0.2, 0.25) is 0 Å². The highest BCUT2D eigenvalue weighted by molar-refractivity contribution is 5.78. The number of halogens is 1. The molecular weight excluding hydrogens is 341 g/mol. The fourth-order valence-electron chi connectivity index (χ4n) is 4.77. The monoisotopic (exact) mass is 365 g/mol. The van der Waals surface area contributed by atoms with Gasteiger partial charge in [0.15, 0.2) is 0 Å². The Morgan fingerprint density at radius 2 is 1.96 bits per heavy atom. The molecule has 1 aliphatic carbocycles. The standard InChI is InChI=1S/C22H24FN3O/c23-17-7-5-16(6-8-17)20-19-4-2-1-3-15(19)10-12-26(20)21-25-22(14-27-21)11-9-18(24)13-22/h1-8,18,20H,9-14,24H2/t18-,20-,22-/m0/s1. The summed E-state index contributed by atoms with van der Waals surface area (Å²) in [6.07, 6.45) is 3.83. The van der Waals surface area contributed by atoms with E-state index in [9.17, 15) is 4.39 Å². The average Bonchev–Trinajstić information content (AvgIpc) is 3.27. The Bertz CT molecular complexity index is 881. The molecule has 140 valence electrons. The lowest BCUT2D eigenvalue weighted by Gasteiger charge is -2.38. The molecular formula is C22H24FN3O. The van der Waals surface area contributed by atoms with Gasteiger partial charge in [0.25, 0.3) is 6.02 Å². The van der Waals surface area contributed by atoms with Crippen LogP contribution in [0.3, 0.4) is 0 Å². The molecule has 4 nitrogen and oxygen atoms in total. The van der Waals surface area contributed by atoms with Gasteiger partial charge in [-0.2, -0.15) is 0 Å². The molecule has 0 unspecified atom stereocenters. The molecule has 2 aromatic rings. The molecule has 0 bridgehead atoms. The Balaban J connectivity index is 1.55. The molecule has 3 aliphatic rings. The summed E-state index contributed by atoms with van der Waals surface area (Å²) in [7, 11) is 0. The van der Waals surface area contributed by atoms with E-state index in [-0.39, 0.29) is 23.4 Å². The second-order valence-corrected chi connectivity index (χ2v) is 8.01. The molecule has 0 aromatic heterocycles. The fourth-order valence-corrected chi connectivity index (χ4v) is 4.77. The summed E-state index contributed by atoms with van der Waals surface area (Å²) in [6.45, 7) is 1.45. The van der Waals surface area contributed by atoms with Crippen LogP contribution < -0.4 is 5.73 Å². The van der Waals surface area contributed by atoms with Gasteiger partial charge in [0.05, 0.1) is 6.04 Å². The van der Waals surface area contributed by atoms with Gasteiger partial charge < -0.3 is 15.4 Å². The summed E-state index contributed by atoms with van der Waals surface area (Å²) < 4.78 is 19.6. The third-order valence-corrected chi connectivity index (χ3v) is 6.14. The lowest BCUT2D eigenvalue weighted by atomic mass is 9.88. The van der Waals surface area contributed by atoms with Crippen LogP contribution in [0.5, 0.6) is 0 Å². The van der Waals surface area contributed by atoms with Crippen molar-refractivity contribution in [2.45, 2.75) is 43.3 Å². The van der Waals surface area contributed by atoms with Crippen molar-refractivity contribution in [3.63, 3.8) is 0 Å². The Kier molecular flexibility index (Phi) is 3.93. The van der Waals surface area contributed by atoms with Gasteiger partial charge in [-0.1, -0.05) is 36.4 Å². The van der Waals surface area contributed by atoms with Crippen LogP contribution in [0.1, 0.15) is 42.0 Å². The van der Waals surface area contributed by atoms with Crippen molar-refractivity contribution in [3.05, 3.63) is 71.0 Å². The quantitative estimate of drug-likeness (QED) is 0.843. The van der Waals surface area contributed by atoms with E-state index in [1.54, 1.807) is 0 Å². The predicted octanol–water partition coefficient (Wildman–Crippen LogP) is 3.41. The van der Waals surface area contributed by atoms with Crippen molar-refractivity contribution >= 4 is 6.02 Å². The summed E-state index contributed by atoms with van der Waals surface area (Å²) in [4.78, 5) is 7.27. The Morgan fingerprint density at radius 3 is 2.74 bits per heavy atom. The molecule has 1 spiro atoms. The maximum Gasteiger partial charge on any atom is 0.288 e. The maximum atomic E-state index is 13.5. The topological polar surface area (TPSA) is 50.9 Å². The SMILES string of the molecule is N[C@H]1CC[C@@]2(COC(N3CCc4ccccc4[C@@H]3c3ccc(F)cc3)=N2)C1. The zero-order chi connectivity index (χ0) is 18.4. The summed E-state index contributed by atoms with van der Waals surface area (Å²) >= 11 is 0. The lowest BCUT2D eigenvalue weighted by Crippen LogP contribution is -2.40. The fraction of sp³-hybridized carbons (Fsp3) is 0.409. The molecule has 2 aliphatic heterocycles. The highest BCUT2D eigenvalue weighted by atomic mass is 19.1. The molecule has 1 fully saturated rings. The molecule has 5 rings (SSSR count). The van der Waals surface area contributed by atoms with Gasteiger partial charge in [-0.05, 0) is 54.5 Å². The summed E-state index contributed by atoms with van der Waals surface area (Å²) in [6, 6.07) is 16.2. The molecule has 2 N–H and O–H groups in total. The van der Waals surface area contributed by atoms with Crippen molar-refractivity contribution in [2.24, 2.45) is 10.7 Å². The number of hydrogen-bond donors (Lipinski definition) is 1. The molecule has 2 heterocycles. The van der Waals surface area contributed by atoms with Gasteiger partial charge in [0.1, 0.15) is 18.0 Å². The smallest absolute Gasteiger partial charge is 0.288 e. The van der Waals surface area contributed by atoms with Crippen LogP contribution >= 0.6 is 0 Å². The number of hydrogen-bond acceptors (Lipinski definition) is 4. The highest BCUT2D eigenvalue weighted by Gasteiger charge is 2.45. The van der Waals surface area contributed by atoms with Crippen molar-refractivity contribution < 1.29 is 9.13 Å². The van der Waals surface area contributed by atoms with E-state index in [0.717, 1.165) is 37.8 Å². The Morgan fingerprint density at radius 1 is 1.15 bits per heavy atom. The van der Waals surface area contributed by atoms with Gasteiger partial charge in [-0.25, -0.2) is 9.38 Å². The minimum Gasteiger partial charge on any atom is -0.463 e. The molecule has 27 heavy (non-hydrogen) atoms. The number of nitrogens with two attached hydrogens (primary N) is 1. The van der Waals surface area contributed by atoms with Crippen LogP contribution in [0.4, 0.5) is 4.39 Å². The van der Waals surface area contributed by atoms with Gasteiger partial charge in [-0.3, -0.25) is 0 Å². The number of fused-ring (bicyclic) bond motifs is 1. The van der Waals surface area contributed by atoms with E-state index in [2.05, 4.69) is 29.2 Å². The van der Waals surface area contributed by atoms with E-state index in [1.165, 1.54) is 23.3 Å². The molecule has 0 amide bonds. The minimum absolute atomic E-state index is 0.0143. The van der Waals surface area contributed by atoms with Gasteiger partial charge in [-0.15, -0.1) is 0 Å². The molecule has 0 radical (unpaired) electrons. The first-order valence-corrected chi connectivity index (χ1v) is 9.72. The third kappa shape index (κ3) is 2.90. The van der Waals surface area contributed by atoms with Crippen LogP contribution in [-0.4, -0.2) is 35.7 Å². The van der Waals surface area contributed by atoms with Crippen molar-refractivity contribution in [1.82, 2.24) is 4.90 Å². The molecule has 3 atom stereocenters. The number of ether oxygens (including phenoxy) is 1. The van der Waals surface area contributed by atoms with Gasteiger partial charge in [0, 0.05) is 12.6 Å². The van der Waals surface area contributed by atoms with E-state index in [1.807, 2.05) is 12.1 Å². The molecule has 2 aromatic carbocycles. The largest absolute Gasteiger partial charge is 0.463 e. The van der Waals surface area contributed by atoms with Crippen LogP contribution in [0.15, 0.2) is 53.5 Å². The van der Waals surface area contributed by atoms with Crippen LogP contribution in [0, 0.1) is 5.82 Å². The third-order valence-electron chi connectivity index (χ3n) is 6.14. The zero-order valence-corrected chi connectivity index (χ0v) is 15.3. The highest BCUT2D eigenvalue weighted by Crippen LogP contribution is 2.40. The normalized spacial score (nSPS) is 29.6. The Hall–Kier alpha value is -2.40. The second-order valence-electron chi connectivity index (χ2n) is 8.01. The summed E-state index contributed by atoms with van der Waals surface area (Å²) in [5, 5.41) is 0. The van der Waals surface area contributed by atoms with Crippen molar-refractivity contribution in [1.29, 1.82) is 0 Å². The number of benzene rings is 2. The van der Waals surface area contributed by atoms with Gasteiger partial charge in [0.2, 0.25) is 0 Å². The average molecular weight is 365 g/mol. The number of nitrogens with zero attached hydrogens (tertiary/aromatic N) is 2. The molecule has 5 heteroatoms. The lowest BCUT2D eigenvalue weighted by molar-refractivity contribution is 0.202. The van der Waals surface area contributed by atoms with Crippen LogP contribution in [-0.2, 0) is 11.2 Å².